The molecule has 9 N–H and O–H groups in total. The Morgan fingerprint density at radius 1 is 1.06 bits per heavy atom. The first-order valence-corrected chi connectivity index (χ1v) is 10.5. The van der Waals surface area contributed by atoms with Gasteiger partial charge in [0.05, 0.1) is 5.39 Å². The third-order valence-corrected chi connectivity index (χ3v) is 5.54. The summed E-state index contributed by atoms with van der Waals surface area (Å²) in [6.45, 7) is -0.122. The molecule has 0 aliphatic rings. The fourth-order valence-corrected chi connectivity index (χ4v) is 3.71. The van der Waals surface area contributed by atoms with Gasteiger partial charge in [0.15, 0.2) is 0 Å². The number of aromatic nitrogens is 3. The fraction of sp³-hybridized carbons (Fsp3) is 0.318. The average Bonchev–Trinajstić information content (AvgIpc) is 3.20. The first-order chi connectivity index (χ1) is 16.2. The van der Waals surface area contributed by atoms with Gasteiger partial charge in [-0.15, -0.1) is 0 Å². The van der Waals surface area contributed by atoms with Gasteiger partial charge in [0.2, 0.25) is 5.95 Å². The predicted molar refractivity (Wildman–Crippen MR) is 123 cm³/mol. The zero-order valence-electron chi connectivity index (χ0n) is 18.2. The van der Waals surface area contributed by atoms with Gasteiger partial charge in [-0.1, -0.05) is 12.1 Å². The van der Waals surface area contributed by atoms with Crippen LogP contribution in [0.5, 0.6) is 0 Å². The second-order valence-corrected chi connectivity index (χ2v) is 7.84. The minimum absolute atomic E-state index is 0.0762. The molecule has 0 aliphatic carbocycles. The lowest BCUT2D eigenvalue weighted by Crippen LogP contribution is -2.41. The first kappa shape index (κ1) is 24.5. The number of carboxylic acids is 2. The van der Waals surface area contributed by atoms with E-state index in [2.05, 4.69) is 20.3 Å². The molecule has 2 atom stereocenters. The second-order valence-electron chi connectivity index (χ2n) is 7.84. The topological polar surface area (TPSA) is 218 Å². The van der Waals surface area contributed by atoms with Crippen molar-refractivity contribution >= 4 is 40.6 Å². The number of H-pyrrole nitrogens is 1. The van der Waals surface area contributed by atoms with Gasteiger partial charge in [0.25, 0.3) is 5.91 Å². The lowest BCUT2D eigenvalue weighted by Gasteiger charge is -2.16. The van der Waals surface area contributed by atoms with Gasteiger partial charge >= 0.3 is 11.9 Å². The number of amides is 1. The second kappa shape index (κ2) is 10.6. The monoisotopic (exact) mass is 470 g/mol. The molecule has 0 bridgehead atoms. The van der Waals surface area contributed by atoms with Crippen molar-refractivity contribution in [3.63, 3.8) is 0 Å². The molecule has 0 aliphatic heterocycles. The summed E-state index contributed by atoms with van der Waals surface area (Å²) in [5.74, 6) is -2.95. The van der Waals surface area contributed by atoms with Crippen molar-refractivity contribution < 1.29 is 29.7 Å². The normalized spacial score (nSPS) is 12.9. The molecule has 2 heterocycles. The van der Waals surface area contributed by atoms with Crippen LogP contribution in [0.15, 0.2) is 30.5 Å². The number of aliphatic hydroxyl groups is 1. The number of aryl methyl sites for hydroxylation is 1. The number of hydrogen-bond donors (Lipinski definition) is 7. The van der Waals surface area contributed by atoms with Crippen molar-refractivity contribution in [2.75, 3.05) is 18.1 Å². The number of hydrogen-bond acceptors (Lipinski definition) is 8. The van der Waals surface area contributed by atoms with E-state index in [1.165, 1.54) is 12.1 Å². The van der Waals surface area contributed by atoms with Crippen molar-refractivity contribution in [1.29, 1.82) is 0 Å². The molecular formula is C22H26N6O6. The van der Waals surface area contributed by atoms with Crippen molar-refractivity contribution in [3.8, 4) is 0 Å². The van der Waals surface area contributed by atoms with Crippen LogP contribution in [-0.4, -0.2) is 60.8 Å². The number of aromatic amines is 1. The van der Waals surface area contributed by atoms with E-state index in [0.717, 1.165) is 11.1 Å². The number of nitrogens with one attached hydrogen (secondary N) is 2. The number of nitrogens with two attached hydrogens (primary N) is 2. The summed E-state index contributed by atoms with van der Waals surface area (Å²) in [6.07, 6.45) is 2.33. The van der Waals surface area contributed by atoms with E-state index in [4.69, 9.17) is 16.6 Å². The Hall–Kier alpha value is -4.19. The molecule has 1 unspecified atom stereocenters. The molecule has 0 fully saturated rings. The zero-order chi connectivity index (χ0) is 24.8. The van der Waals surface area contributed by atoms with Crippen molar-refractivity contribution in [3.05, 3.63) is 47.2 Å². The largest absolute Gasteiger partial charge is 0.481 e. The van der Waals surface area contributed by atoms with E-state index in [-0.39, 0.29) is 42.7 Å². The summed E-state index contributed by atoms with van der Waals surface area (Å²) < 4.78 is 0. The Kier molecular flexibility index (Phi) is 7.64. The molecule has 1 aromatic carbocycles. The van der Waals surface area contributed by atoms with E-state index in [9.17, 15) is 24.6 Å². The summed E-state index contributed by atoms with van der Waals surface area (Å²) in [6, 6.07) is 5.14. The average molecular weight is 470 g/mol. The zero-order valence-corrected chi connectivity index (χ0v) is 18.2. The molecule has 1 amide bonds. The lowest BCUT2D eigenvalue weighted by atomic mass is 9.92. The van der Waals surface area contributed by atoms with Crippen molar-refractivity contribution in [2.24, 2.45) is 0 Å². The summed E-state index contributed by atoms with van der Waals surface area (Å²) >= 11 is 0. The van der Waals surface area contributed by atoms with Gasteiger partial charge < -0.3 is 37.1 Å². The summed E-state index contributed by atoms with van der Waals surface area (Å²) in [4.78, 5) is 45.5. The van der Waals surface area contributed by atoms with E-state index in [1.807, 2.05) is 0 Å². The molecule has 12 heteroatoms. The maximum atomic E-state index is 12.4. The Morgan fingerprint density at radius 3 is 2.38 bits per heavy atom. The van der Waals surface area contributed by atoms with Gasteiger partial charge in [-0.25, -0.2) is 4.79 Å². The van der Waals surface area contributed by atoms with E-state index < -0.39 is 23.9 Å². The van der Waals surface area contributed by atoms with Gasteiger partial charge in [-0.05, 0) is 42.5 Å². The maximum absolute atomic E-state index is 12.4. The minimum atomic E-state index is -1.31. The SMILES string of the molecule is Nc1nc(N)c2c(CCC(CO)c3ccc(C(=O)N[C@@H](CCC(=O)O)C(=O)O)cc3)c[nH]c2n1. The molecule has 3 rings (SSSR count). The molecule has 12 nitrogen and oxygen atoms in total. The number of nitrogens with zero attached hydrogens (tertiary/aromatic N) is 2. The smallest absolute Gasteiger partial charge is 0.326 e. The van der Waals surface area contributed by atoms with Crippen LogP contribution in [0.25, 0.3) is 11.0 Å². The number of carboxylic acid groups (broad SMARTS) is 2. The fourth-order valence-electron chi connectivity index (χ4n) is 3.71. The van der Waals surface area contributed by atoms with Gasteiger partial charge in [-0.3, -0.25) is 9.59 Å². The molecule has 180 valence electrons. The van der Waals surface area contributed by atoms with Crippen LogP contribution in [0, 0.1) is 0 Å². The van der Waals surface area contributed by atoms with E-state index in [0.29, 0.717) is 23.9 Å². The van der Waals surface area contributed by atoms with Crippen LogP contribution in [-0.2, 0) is 16.0 Å². The third-order valence-electron chi connectivity index (χ3n) is 5.54. The number of benzene rings is 1. The van der Waals surface area contributed by atoms with Crippen LogP contribution in [0.2, 0.25) is 0 Å². The Morgan fingerprint density at radius 2 is 1.76 bits per heavy atom. The molecule has 0 radical (unpaired) electrons. The Balaban J connectivity index is 1.66. The number of nitrogen functional groups attached to an aromatic ring is 2. The highest BCUT2D eigenvalue weighted by atomic mass is 16.4. The predicted octanol–water partition coefficient (Wildman–Crippen LogP) is 0.879. The molecule has 3 aromatic rings. The summed E-state index contributed by atoms with van der Waals surface area (Å²) in [5, 5.41) is 30.9. The maximum Gasteiger partial charge on any atom is 0.326 e. The molecule has 0 spiro atoms. The standard InChI is InChI=1S/C22H26N6O6/c23-18-17-13(9-25-19(17)28-22(24)27-18)5-6-14(10-29)11-1-3-12(4-2-11)20(32)26-15(21(33)34)7-8-16(30)31/h1-4,9,14-15,29H,5-8,10H2,(H,26,32)(H,30,31)(H,33,34)(H5,23,24,25,27,28)/t14?,15-/m0/s1. The molecule has 2 aromatic heterocycles. The number of aliphatic hydroxyl groups excluding tert-OH is 1. The van der Waals surface area contributed by atoms with Crippen molar-refractivity contribution in [1.82, 2.24) is 20.3 Å². The Bertz CT molecular complexity index is 1190. The molecular weight excluding hydrogens is 444 g/mol. The number of rotatable bonds is 11. The first-order valence-electron chi connectivity index (χ1n) is 10.5. The summed E-state index contributed by atoms with van der Waals surface area (Å²) in [7, 11) is 0. The molecule has 0 saturated heterocycles. The van der Waals surface area contributed by atoms with Crippen LogP contribution >= 0.6 is 0 Å². The number of aliphatic carboxylic acids is 2. The van der Waals surface area contributed by atoms with Gasteiger partial charge in [-0.2, -0.15) is 9.97 Å². The molecule has 0 saturated carbocycles. The molecule has 34 heavy (non-hydrogen) atoms. The van der Waals surface area contributed by atoms with E-state index in [1.54, 1.807) is 18.3 Å². The van der Waals surface area contributed by atoms with Crippen LogP contribution < -0.4 is 16.8 Å². The number of carbonyl (C=O) groups is 3. The highest BCUT2D eigenvalue weighted by molar-refractivity contribution is 5.96. The third kappa shape index (κ3) is 5.78. The van der Waals surface area contributed by atoms with Gasteiger partial charge in [0, 0.05) is 30.7 Å². The lowest BCUT2D eigenvalue weighted by molar-refractivity contribution is -0.140. The number of carbonyl (C=O) groups excluding carboxylic acids is 1. The number of fused-ring (bicyclic) bond motifs is 1. The van der Waals surface area contributed by atoms with Crippen molar-refractivity contribution in [2.45, 2.75) is 37.6 Å². The minimum Gasteiger partial charge on any atom is -0.481 e. The van der Waals surface area contributed by atoms with E-state index >= 15 is 0 Å². The van der Waals surface area contributed by atoms with Crippen LogP contribution in [0.1, 0.15) is 46.7 Å². The van der Waals surface area contributed by atoms with Gasteiger partial charge in [0.1, 0.15) is 17.5 Å². The Labute approximate surface area is 194 Å². The summed E-state index contributed by atoms with van der Waals surface area (Å²) in [5.41, 5.74) is 14.1. The quantitative estimate of drug-likeness (QED) is 0.210. The highest BCUT2D eigenvalue weighted by Gasteiger charge is 2.22. The van der Waals surface area contributed by atoms with Crippen LogP contribution in [0.3, 0.4) is 0 Å². The highest BCUT2D eigenvalue weighted by Crippen LogP contribution is 2.27. The number of anilines is 2. The van der Waals surface area contributed by atoms with Crippen LogP contribution in [0.4, 0.5) is 11.8 Å².